The van der Waals surface area contributed by atoms with Crippen LogP contribution >= 0.6 is 0 Å². The lowest BCUT2D eigenvalue weighted by atomic mass is 9.81. The second-order valence-corrected chi connectivity index (χ2v) is 6.41. The van der Waals surface area contributed by atoms with E-state index in [-0.39, 0.29) is 0 Å². The van der Waals surface area contributed by atoms with E-state index >= 15 is 0 Å². The zero-order valence-electron chi connectivity index (χ0n) is 15.4. The van der Waals surface area contributed by atoms with Gasteiger partial charge in [-0.15, -0.1) is 10.2 Å². The molecule has 0 aliphatic rings. The fourth-order valence-corrected chi connectivity index (χ4v) is 3.11. The number of aromatic amines is 1. The normalized spacial score (nSPS) is 13.0. The second-order valence-electron chi connectivity index (χ2n) is 6.41. The summed E-state index contributed by atoms with van der Waals surface area (Å²) >= 11 is 0. The van der Waals surface area contributed by atoms with Crippen LogP contribution in [-0.4, -0.2) is 41.7 Å². The molecule has 3 heterocycles. The molecule has 3 aromatic heterocycles. The van der Waals surface area contributed by atoms with Crippen LogP contribution in [0.15, 0.2) is 43.2 Å². The van der Waals surface area contributed by atoms with Gasteiger partial charge in [0.1, 0.15) is 5.82 Å². The first-order valence-corrected chi connectivity index (χ1v) is 8.84. The van der Waals surface area contributed by atoms with Gasteiger partial charge in [0.25, 0.3) is 0 Å². The van der Waals surface area contributed by atoms with Crippen molar-refractivity contribution >= 4 is 17.4 Å². The fraction of sp³-hybridized carbons (Fsp3) is 0.263. The Kier molecular flexibility index (Phi) is 5.73. The van der Waals surface area contributed by atoms with Gasteiger partial charge in [-0.2, -0.15) is 5.21 Å². The van der Waals surface area contributed by atoms with Gasteiger partial charge in [0, 0.05) is 23.5 Å². The third kappa shape index (κ3) is 4.03. The maximum atomic E-state index is 11.9. The molecule has 9 nitrogen and oxygen atoms in total. The number of aromatic nitrogens is 6. The molecule has 0 fully saturated rings. The van der Waals surface area contributed by atoms with Gasteiger partial charge in [-0.3, -0.25) is 9.78 Å². The fourth-order valence-electron chi connectivity index (χ4n) is 3.11. The quantitative estimate of drug-likeness (QED) is 0.541. The standard InChI is InChI=1S/C19H21N7O2/c1-3-4-14(19(27)28)17(18-23-25-26-24-18)11(2)15-7-5-12(9-21-15)13-6-8-16(20)22-10-13/h5-10,14,17H,2-4H2,1H3,(H2,20,22)(H,27,28)(H,23,24,25,26). The van der Waals surface area contributed by atoms with Crippen molar-refractivity contribution in [3.05, 3.63) is 54.8 Å². The van der Waals surface area contributed by atoms with E-state index in [1.807, 2.05) is 19.1 Å². The highest BCUT2D eigenvalue weighted by Crippen LogP contribution is 2.37. The van der Waals surface area contributed by atoms with E-state index in [9.17, 15) is 9.90 Å². The Morgan fingerprint density at radius 2 is 1.93 bits per heavy atom. The van der Waals surface area contributed by atoms with Crippen LogP contribution in [0, 0.1) is 5.92 Å². The average Bonchev–Trinajstić information content (AvgIpc) is 3.22. The molecule has 3 aromatic rings. The summed E-state index contributed by atoms with van der Waals surface area (Å²) in [6.45, 7) is 6.03. The third-order valence-corrected chi connectivity index (χ3v) is 4.55. The number of carbonyl (C=O) groups is 1. The number of allylic oxidation sites excluding steroid dienone is 1. The number of aliphatic carboxylic acids is 1. The number of hydrogen-bond acceptors (Lipinski definition) is 7. The van der Waals surface area contributed by atoms with Crippen LogP contribution in [0.2, 0.25) is 0 Å². The number of carboxylic acids is 1. The Labute approximate surface area is 161 Å². The van der Waals surface area contributed by atoms with Crippen LogP contribution in [0.3, 0.4) is 0 Å². The minimum Gasteiger partial charge on any atom is -0.481 e. The average molecular weight is 379 g/mol. The Morgan fingerprint density at radius 3 is 2.43 bits per heavy atom. The van der Waals surface area contributed by atoms with E-state index in [2.05, 4.69) is 37.2 Å². The van der Waals surface area contributed by atoms with Gasteiger partial charge in [-0.25, -0.2) is 4.98 Å². The Bertz CT molecular complexity index is 937. The van der Waals surface area contributed by atoms with Gasteiger partial charge >= 0.3 is 5.97 Å². The molecule has 0 bridgehead atoms. The number of nitrogens with two attached hydrogens (primary N) is 1. The molecule has 0 aliphatic heterocycles. The molecular formula is C19H21N7O2. The third-order valence-electron chi connectivity index (χ3n) is 4.55. The van der Waals surface area contributed by atoms with Crippen molar-refractivity contribution in [2.75, 3.05) is 5.73 Å². The summed E-state index contributed by atoms with van der Waals surface area (Å²) in [7, 11) is 0. The molecule has 4 N–H and O–H groups in total. The first-order chi connectivity index (χ1) is 13.5. The van der Waals surface area contributed by atoms with Gasteiger partial charge < -0.3 is 10.8 Å². The summed E-state index contributed by atoms with van der Waals surface area (Å²) in [5.74, 6) is -1.55. The van der Waals surface area contributed by atoms with Crippen LogP contribution < -0.4 is 5.73 Å². The minimum absolute atomic E-state index is 0.291. The summed E-state index contributed by atoms with van der Waals surface area (Å²) in [4.78, 5) is 20.4. The number of nitrogen functional groups attached to an aromatic ring is 1. The predicted octanol–water partition coefficient (Wildman–Crippen LogP) is 2.54. The van der Waals surface area contributed by atoms with Crippen molar-refractivity contribution in [3.63, 3.8) is 0 Å². The minimum atomic E-state index is -0.928. The molecule has 2 unspecified atom stereocenters. The van der Waals surface area contributed by atoms with Crippen molar-refractivity contribution in [1.82, 2.24) is 30.6 Å². The highest BCUT2D eigenvalue weighted by molar-refractivity contribution is 5.78. The van der Waals surface area contributed by atoms with E-state index in [1.165, 1.54) is 0 Å². The number of tetrazole rings is 1. The zero-order valence-corrected chi connectivity index (χ0v) is 15.4. The highest BCUT2D eigenvalue weighted by Gasteiger charge is 2.34. The van der Waals surface area contributed by atoms with E-state index in [0.717, 1.165) is 11.1 Å². The monoisotopic (exact) mass is 379 g/mol. The van der Waals surface area contributed by atoms with Crippen LogP contribution in [0.1, 0.15) is 37.2 Å². The smallest absolute Gasteiger partial charge is 0.307 e. The SMILES string of the molecule is C=C(c1ccc(-c2ccc(N)nc2)cn1)C(c1nn[nH]n1)C(CCC)C(=O)O. The first kappa shape index (κ1) is 19.2. The molecule has 0 saturated heterocycles. The molecule has 0 radical (unpaired) electrons. The number of carboxylic acid groups (broad SMARTS) is 1. The number of rotatable bonds is 8. The van der Waals surface area contributed by atoms with Crippen molar-refractivity contribution in [3.8, 4) is 11.1 Å². The van der Waals surface area contributed by atoms with Gasteiger partial charge in [-0.05, 0) is 30.2 Å². The molecule has 9 heteroatoms. The summed E-state index contributed by atoms with van der Waals surface area (Å²) in [5.41, 5.74) is 8.47. The molecule has 2 atom stereocenters. The van der Waals surface area contributed by atoms with E-state index in [4.69, 9.17) is 5.73 Å². The maximum Gasteiger partial charge on any atom is 0.307 e. The molecule has 0 spiro atoms. The summed E-state index contributed by atoms with van der Waals surface area (Å²) < 4.78 is 0. The molecule has 0 amide bonds. The highest BCUT2D eigenvalue weighted by atomic mass is 16.4. The van der Waals surface area contributed by atoms with Crippen molar-refractivity contribution in [2.24, 2.45) is 5.92 Å². The Balaban J connectivity index is 1.92. The maximum absolute atomic E-state index is 11.9. The number of anilines is 1. The Morgan fingerprint density at radius 1 is 1.21 bits per heavy atom. The molecule has 0 aliphatic carbocycles. The van der Waals surface area contributed by atoms with E-state index < -0.39 is 17.8 Å². The second kappa shape index (κ2) is 8.38. The number of nitrogens with one attached hydrogen (secondary N) is 1. The van der Waals surface area contributed by atoms with E-state index in [1.54, 1.807) is 24.5 Å². The topological polar surface area (TPSA) is 144 Å². The number of hydrogen-bond donors (Lipinski definition) is 3. The van der Waals surface area contributed by atoms with Crippen LogP contribution in [0.4, 0.5) is 5.82 Å². The van der Waals surface area contributed by atoms with Crippen LogP contribution in [-0.2, 0) is 4.79 Å². The molecule has 144 valence electrons. The molecule has 28 heavy (non-hydrogen) atoms. The number of H-pyrrole nitrogens is 1. The molecule has 0 aromatic carbocycles. The lowest BCUT2D eigenvalue weighted by Crippen LogP contribution is -2.24. The largest absolute Gasteiger partial charge is 0.481 e. The van der Waals surface area contributed by atoms with Crippen LogP contribution in [0.5, 0.6) is 0 Å². The Hall–Kier alpha value is -3.62. The van der Waals surface area contributed by atoms with Gasteiger partial charge in [-0.1, -0.05) is 31.2 Å². The van der Waals surface area contributed by atoms with Crippen molar-refractivity contribution in [2.45, 2.75) is 25.7 Å². The predicted molar refractivity (Wildman–Crippen MR) is 104 cm³/mol. The summed E-state index contributed by atoms with van der Waals surface area (Å²) in [5, 5.41) is 23.7. The van der Waals surface area contributed by atoms with Gasteiger partial charge in [0.05, 0.1) is 17.5 Å². The molecule has 3 rings (SSSR count). The summed E-state index contributed by atoms with van der Waals surface area (Å²) in [6, 6.07) is 7.25. The number of nitrogens with zero attached hydrogens (tertiary/aromatic N) is 5. The van der Waals surface area contributed by atoms with Gasteiger partial charge in [0.2, 0.25) is 0 Å². The van der Waals surface area contributed by atoms with Crippen molar-refractivity contribution in [1.29, 1.82) is 0 Å². The molecule has 0 saturated carbocycles. The number of pyridine rings is 2. The lowest BCUT2D eigenvalue weighted by molar-refractivity contribution is -0.142. The van der Waals surface area contributed by atoms with Gasteiger partial charge in [0.15, 0.2) is 5.82 Å². The first-order valence-electron chi connectivity index (χ1n) is 8.84. The zero-order chi connectivity index (χ0) is 20.1. The van der Waals surface area contributed by atoms with Crippen LogP contribution in [0.25, 0.3) is 16.7 Å². The lowest BCUT2D eigenvalue weighted by Gasteiger charge is -2.22. The molecular weight excluding hydrogens is 358 g/mol. The van der Waals surface area contributed by atoms with Crippen molar-refractivity contribution < 1.29 is 9.90 Å². The summed E-state index contributed by atoms with van der Waals surface area (Å²) in [6.07, 6.45) is 4.53. The van der Waals surface area contributed by atoms with E-state index in [0.29, 0.717) is 35.8 Å².